The number of hydrogen-bond donors (Lipinski definition) is 1. The molecule has 1 unspecified atom stereocenters. The van der Waals surface area contributed by atoms with Crippen LogP contribution in [0.2, 0.25) is 0 Å². The predicted octanol–water partition coefficient (Wildman–Crippen LogP) is 4.08. The summed E-state index contributed by atoms with van der Waals surface area (Å²) < 4.78 is 31.5. The molecule has 1 heterocycles. The summed E-state index contributed by atoms with van der Waals surface area (Å²) in [5, 5.41) is 0. The molecule has 1 aromatic heterocycles. The molecule has 0 fully saturated rings. The number of fused-ring (bicyclic) bond motifs is 1. The van der Waals surface area contributed by atoms with Crippen molar-refractivity contribution in [2.24, 2.45) is 0 Å². The van der Waals surface area contributed by atoms with Gasteiger partial charge in [-0.15, -0.1) is 0 Å². The minimum absolute atomic E-state index is 0.179. The SMILES string of the molecule is O=c1[nH]c2ccc(C(Br)Cc3ccc(F)cc3F)cc2o1. The van der Waals surface area contributed by atoms with Crippen molar-refractivity contribution in [1.29, 1.82) is 0 Å². The van der Waals surface area contributed by atoms with E-state index in [9.17, 15) is 13.6 Å². The highest BCUT2D eigenvalue weighted by Gasteiger charge is 2.14. The van der Waals surface area contributed by atoms with Gasteiger partial charge in [0.1, 0.15) is 11.6 Å². The Labute approximate surface area is 126 Å². The van der Waals surface area contributed by atoms with Gasteiger partial charge in [-0.25, -0.2) is 13.6 Å². The molecule has 0 amide bonds. The maximum absolute atomic E-state index is 13.7. The van der Waals surface area contributed by atoms with E-state index in [0.29, 0.717) is 23.1 Å². The normalized spacial score (nSPS) is 12.7. The van der Waals surface area contributed by atoms with Crippen molar-refractivity contribution >= 4 is 27.0 Å². The second-order valence-electron chi connectivity index (χ2n) is 4.68. The summed E-state index contributed by atoms with van der Waals surface area (Å²) in [6.45, 7) is 0. The molecule has 0 saturated carbocycles. The van der Waals surface area contributed by atoms with E-state index in [1.807, 2.05) is 6.07 Å². The van der Waals surface area contributed by atoms with Crippen molar-refractivity contribution in [2.75, 3.05) is 0 Å². The molecular weight excluding hydrogens is 344 g/mol. The van der Waals surface area contributed by atoms with E-state index < -0.39 is 17.4 Å². The monoisotopic (exact) mass is 353 g/mol. The summed E-state index contributed by atoms with van der Waals surface area (Å²) in [6, 6.07) is 8.78. The Balaban J connectivity index is 1.89. The molecule has 0 spiro atoms. The second-order valence-corrected chi connectivity index (χ2v) is 5.78. The highest BCUT2D eigenvalue weighted by Crippen LogP contribution is 2.29. The van der Waals surface area contributed by atoms with Gasteiger partial charge in [0.05, 0.1) is 5.52 Å². The van der Waals surface area contributed by atoms with Gasteiger partial charge in [-0.1, -0.05) is 28.1 Å². The van der Waals surface area contributed by atoms with Gasteiger partial charge >= 0.3 is 5.76 Å². The van der Waals surface area contributed by atoms with Gasteiger partial charge in [0.15, 0.2) is 5.58 Å². The first kappa shape index (κ1) is 14.0. The molecule has 0 aliphatic rings. The van der Waals surface area contributed by atoms with Crippen molar-refractivity contribution < 1.29 is 13.2 Å². The first-order chi connectivity index (χ1) is 10.0. The Hall–Kier alpha value is -1.95. The molecule has 3 nitrogen and oxygen atoms in total. The molecule has 108 valence electrons. The van der Waals surface area contributed by atoms with Crippen LogP contribution in [0.4, 0.5) is 8.78 Å². The summed E-state index contributed by atoms with van der Waals surface area (Å²) in [5.74, 6) is -1.69. The Morgan fingerprint density at radius 1 is 1.19 bits per heavy atom. The molecule has 3 rings (SSSR count). The zero-order chi connectivity index (χ0) is 15.0. The zero-order valence-corrected chi connectivity index (χ0v) is 12.3. The molecule has 21 heavy (non-hydrogen) atoms. The lowest BCUT2D eigenvalue weighted by atomic mass is 10.0. The lowest BCUT2D eigenvalue weighted by Crippen LogP contribution is -1.98. The van der Waals surface area contributed by atoms with Crippen LogP contribution in [0.5, 0.6) is 0 Å². The van der Waals surface area contributed by atoms with Crippen molar-refractivity contribution in [2.45, 2.75) is 11.2 Å². The number of H-pyrrole nitrogens is 1. The molecule has 6 heteroatoms. The first-order valence-electron chi connectivity index (χ1n) is 6.24. The Bertz CT molecular complexity index is 856. The number of aromatic amines is 1. The molecule has 3 aromatic rings. The third-order valence-electron chi connectivity index (χ3n) is 3.22. The largest absolute Gasteiger partial charge is 0.417 e. The number of oxazole rings is 1. The zero-order valence-electron chi connectivity index (χ0n) is 10.7. The second kappa shape index (κ2) is 5.44. The van der Waals surface area contributed by atoms with Gasteiger partial charge in [0.25, 0.3) is 0 Å². The minimum atomic E-state index is -0.599. The van der Waals surface area contributed by atoms with Gasteiger partial charge in [0.2, 0.25) is 0 Å². The van der Waals surface area contributed by atoms with Crippen LogP contribution in [0.15, 0.2) is 45.6 Å². The van der Waals surface area contributed by atoms with Crippen LogP contribution in [0.25, 0.3) is 11.1 Å². The third-order valence-corrected chi connectivity index (χ3v) is 4.07. The van der Waals surface area contributed by atoms with E-state index in [-0.39, 0.29) is 4.83 Å². The molecule has 2 aromatic carbocycles. The number of hydrogen-bond acceptors (Lipinski definition) is 2. The van der Waals surface area contributed by atoms with Crippen LogP contribution in [0, 0.1) is 11.6 Å². The van der Waals surface area contributed by atoms with Crippen LogP contribution in [-0.4, -0.2) is 4.98 Å². The summed E-state index contributed by atoms with van der Waals surface area (Å²) in [6.07, 6.45) is 0.353. The summed E-state index contributed by atoms with van der Waals surface area (Å²) in [7, 11) is 0. The average molecular weight is 354 g/mol. The highest BCUT2D eigenvalue weighted by molar-refractivity contribution is 9.09. The topological polar surface area (TPSA) is 46.0 Å². The van der Waals surface area contributed by atoms with E-state index in [4.69, 9.17) is 4.42 Å². The molecule has 0 saturated heterocycles. The quantitative estimate of drug-likeness (QED) is 0.721. The third kappa shape index (κ3) is 2.90. The molecule has 0 aliphatic carbocycles. The lowest BCUT2D eigenvalue weighted by Gasteiger charge is -2.11. The number of nitrogens with one attached hydrogen (secondary N) is 1. The van der Waals surface area contributed by atoms with Gasteiger partial charge in [0, 0.05) is 10.9 Å². The van der Waals surface area contributed by atoms with E-state index in [1.54, 1.807) is 12.1 Å². The minimum Gasteiger partial charge on any atom is -0.408 e. The van der Waals surface area contributed by atoms with Crippen molar-refractivity contribution in [1.82, 2.24) is 4.98 Å². The molecule has 0 aliphatic heterocycles. The number of alkyl halides is 1. The lowest BCUT2D eigenvalue weighted by molar-refractivity contribution is 0.555. The average Bonchev–Trinajstić information content (AvgIpc) is 2.80. The molecule has 1 atom stereocenters. The Morgan fingerprint density at radius 3 is 2.76 bits per heavy atom. The summed E-state index contributed by atoms with van der Waals surface area (Å²) in [5.41, 5.74) is 2.31. The summed E-state index contributed by atoms with van der Waals surface area (Å²) >= 11 is 3.48. The van der Waals surface area contributed by atoms with Gasteiger partial charge in [-0.05, 0) is 35.7 Å². The van der Waals surface area contributed by atoms with Gasteiger partial charge < -0.3 is 4.42 Å². The Kier molecular flexibility index (Phi) is 3.63. The first-order valence-corrected chi connectivity index (χ1v) is 7.15. The van der Waals surface area contributed by atoms with Crippen LogP contribution >= 0.6 is 15.9 Å². The molecule has 0 radical (unpaired) electrons. The fourth-order valence-electron chi connectivity index (χ4n) is 2.15. The van der Waals surface area contributed by atoms with Gasteiger partial charge in [-0.3, -0.25) is 4.98 Å². The fraction of sp³-hybridized carbons (Fsp3) is 0.133. The number of halogens is 3. The smallest absolute Gasteiger partial charge is 0.408 e. The van der Waals surface area contributed by atoms with E-state index in [0.717, 1.165) is 11.6 Å². The maximum Gasteiger partial charge on any atom is 0.417 e. The molecular formula is C15H10BrF2NO2. The number of aromatic nitrogens is 1. The summed E-state index contributed by atoms with van der Waals surface area (Å²) in [4.78, 5) is 13.5. The van der Waals surface area contributed by atoms with E-state index >= 15 is 0 Å². The predicted molar refractivity (Wildman–Crippen MR) is 78.6 cm³/mol. The molecule has 0 bridgehead atoms. The van der Waals surface area contributed by atoms with Crippen molar-refractivity contribution in [3.05, 3.63) is 69.7 Å². The molecule has 1 N–H and O–H groups in total. The van der Waals surface area contributed by atoms with Crippen LogP contribution in [0.3, 0.4) is 0 Å². The van der Waals surface area contributed by atoms with E-state index in [2.05, 4.69) is 20.9 Å². The van der Waals surface area contributed by atoms with Crippen LogP contribution < -0.4 is 5.76 Å². The van der Waals surface area contributed by atoms with Crippen LogP contribution in [-0.2, 0) is 6.42 Å². The highest BCUT2D eigenvalue weighted by atomic mass is 79.9. The Morgan fingerprint density at radius 2 is 2.00 bits per heavy atom. The van der Waals surface area contributed by atoms with Crippen molar-refractivity contribution in [3.8, 4) is 0 Å². The van der Waals surface area contributed by atoms with E-state index in [1.165, 1.54) is 12.1 Å². The standard InChI is InChI=1S/C15H10BrF2NO2/c16-11(5-9-1-3-10(17)7-12(9)18)8-2-4-13-14(6-8)21-15(20)19-13/h1-4,6-7,11H,5H2,(H,19,20). The fourth-order valence-corrected chi connectivity index (χ4v) is 2.79. The van der Waals surface area contributed by atoms with Crippen molar-refractivity contribution in [3.63, 3.8) is 0 Å². The number of benzene rings is 2. The maximum atomic E-state index is 13.7. The number of rotatable bonds is 3. The van der Waals surface area contributed by atoms with Gasteiger partial charge in [-0.2, -0.15) is 0 Å². The van der Waals surface area contributed by atoms with Crippen LogP contribution in [0.1, 0.15) is 16.0 Å².